The summed E-state index contributed by atoms with van der Waals surface area (Å²) >= 11 is 0. The lowest BCUT2D eigenvalue weighted by Crippen LogP contribution is -2.51. The van der Waals surface area contributed by atoms with Crippen LogP contribution in [0.5, 0.6) is 5.75 Å². The van der Waals surface area contributed by atoms with Gasteiger partial charge >= 0.3 is 6.03 Å². The minimum Gasteiger partial charge on any atom is -0.486 e. The molecule has 2 fully saturated rings. The molecule has 0 unspecified atom stereocenters. The lowest BCUT2D eigenvalue weighted by Gasteiger charge is -2.34. The predicted molar refractivity (Wildman–Crippen MR) is 111 cm³/mol. The molecule has 31 heavy (non-hydrogen) atoms. The number of nitrogens with one attached hydrogen (secondary N) is 1. The van der Waals surface area contributed by atoms with Gasteiger partial charge in [0.1, 0.15) is 18.5 Å². The smallest absolute Gasteiger partial charge is 0.317 e. The molecule has 168 valence electrons. The molecule has 2 N–H and O–H groups in total. The highest BCUT2D eigenvalue weighted by atomic mass is 16.5. The van der Waals surface area contributed by atoms with Crippen molar-refractivity contribution in [3.05, 3.63) is 47.9 Å². The van der Waals surface area contributed by atoms with Crippen LogP contribution in [0.3, 0.4) is 0 Å². The van der Waals surface area contributed by atoms with Gasteiger partial charge in [0.05, 0.1) is 31.1 Å². The number of ether oxygens (including phenoxy) is 3. The van der Waals surface area contributed by atoms with Gasteiger partial charge in [-0.25, -0.2) is 4.79 Å². The second-order valence-corrected chi connectivity index (χ2v) is 7.82. The predicted octanol–water partition coefficient (Wildman–Crippen LogP) is 1.75. The molecule has 9 heteroatoms. The number of amides is 2. The third-order valence-corrected chi connectivity index (χ3v) is 5.50. The van der Waals surface area contributed by atoms with Gasteiger partial charge in [-0.2, -0.15) is 0 Å². The average molecular weight is 431 g/mol. The molecule has 3 heterocycles. The number of para-hydroxylation sites is 1. The van der Waals surface area contributed by atoms with Crippen LogP contribution in [0, 0.1) is 0 Å². The van der Waals surface area contributed by atoms with E-state index in [-0.39, 0.29) is 18.7 Å². The molecule has 3 atom stereocenters. The van der Waals surface area contributed by atoms with Gasteiger partial charge in [-0.05, 0) is 25.0 Å². The summed E-state index contributed by atoms with van der Waals surface area (Å²) in [5, 5.41) is 17.3. The number of urea groups is 1. The maximum absolute atomic E-state index is 12.3. The number of rotatable bonds is 7. The molecule has 2 amide bonds. The quantitative estimate of drug-likeness (QED) is 0.688. The lowest BCUT2D eigenvalue weighted by molar-refractivity contribution is -0.114. The molecule has 0 spiro atoms. The van der Waals surface area contributed by atoms with Crippen LogP contribution in [0.4, 0.5) is 4.79 Å². The second kappa shape index (κ2) is 10.6. The fourth-order valence-electron chi connectivity index (χ4n) is 3.77. The number of hydrogen-bond donors (Lipinski definition) is 2. The Morgan fingerprint density at radius 1 is 1.23 bits per heavy atom. The van der Waals surface area contributed by atoms with Crippen LogP contribution < -0.4 is 10.1 Å². The molecule has 9 nitrogen and oxygen atoms in total. The Morgan fingerprint density at radius 2 is 2.03 bits per heavy atom. The molecule has 2 aromatic rings. The van der Waals surface area contributed by atoms with Crippen molar-refractivity contribution < 1.29 is 28.6 Å². The minimum atomic E-state index is -0.603. The van der Waals surface area contributed by atoms with Crippen LogP contribution in [-0.4, -0.2) is 72.4 Å². The van der Waals surface area contributed by atoms with Crippen LogP contribution in [-0.2, 0) is 22.5 Å². The summed E-state index contributed by atoms with van der Waals surface area (Å²) in [4.78, 5) is 14.0. The molecule has 1 aromatic heterocycles. The van der Waals surface area contributed by atoms with E-state index in [2.05, 4.69) is 10.5 Å². The number of aliphatic hydroxyl groups is 1. The van der Waals surface area contributed by atoms with E-state index in [0.29, 0.717) is 51.5 Å². The molecule has 0 bridgehead atoms. The zero-order valence-electron chi connectivity index (χ0n) is 17.4. The van der Waals surface area contributed by atoms with Crippen LogP contribution in [0.25, 0.3) is 0 Å². The first-order valence-corrected chi connectivity index (χ1v) is 10.7. The Labute approximate surface area is 181 Å². The molecular weight excluding hydrogens is 402 g/mol. The highest BCUT2D eigenvalue weighted by Gasteiger charge is 2.31. The molecule has 0 aliphatic carbocycles. The highest BCUT2D eigenvalue weighted by Crippen LogP contribution is 2.23. The van der Waals surface area contributed by atoms with Crippen LogP contribution in [0.2, 0.25) is 0 Å². The summed E-state index contributed by atoms with van der Waals surface area (Å²) in [5.41, 5.74) is 0.782. The number of carbonyl (C=O) groups is 1. The summed E-state index contributed by atoms with van der Waals surface area (Å²) in [6, 6.07) is 11.2. The van der Waals surface area contributed by atoms with Crippen molar-refractivity contribution in [1.29, 1.82) is 0 Å². The summed E-state index contributed by atoms with van der Waals surface area (Å²) < 4.78 is 22.4. The van der Waals surface area contributed by atoms with Gasteiger partial charge in [0.2, 0.25) is 0 Å². The molecule has 0 radical (unpaired) electrons. The maximum Gasteiger partial charge on any atom is 0.317 e. The number of nitrogens with zero attached hydrogens (tertiary/aromatic N) is 2. The van der Waals surface area contributed by atoms with Gasteiger partial charge in [-0.3, -0.25) is 0 Å². The van der Waals surface area contributed by atoms with Crippen molar-refractivity contribution in [3.8, 4) is 5.75 Å². The Morgan fingerprint density at radius 3 is 2.84 bits per heavy atom. The van der Waals surface area contributed by atoms with Crippen LogP contribution in [0.15, 0.2) is 40.9 Å². The summed E-state index contributed by atoms with van der Waals surface area (Å²) in [6.07, 6.45) is 0.768. The number of benzene rings is 1. The van der Waals surface area contributed by atoms with E-state index in [1.807, 2.05) is 36.4 Å². The Kier molecular flexibility index (Phi) is 7.39. The molecule has 2 aliphatic heterocycles. The van der Waals surface area contributed by atoms with E-state index in [1.165, 1.54) is 0 Å². The zero-order chi connectivity index (χ0) is 21.5. The lowest BCUT2D eigenvalue weighted by atomic mass is 9.98. The first-order valence-electron chi connectivity index (χ1n) is 10.7. The SMILES string of the molecule is O=C(NC[C@H]1O[C@H](Cc2cc(COc3ccccc3)on2)CC[C@@H]1O)N1CCOCC1. The molecule has 2 aliphatic rings. The minimum absolute atomic E-state index is 0.0957. The van der Waals surface area contributed by atoms with Crippen molar-refractivity contribution in [2.75, 3.05) is 32.8 Å². The number of aliphatic hydroxyl groups excluding tert-OH is 1. The molecule has 4 rings (SSSR count). The van der Waals surface area contributed by atoms with E-state index in [1.54, 1.807) is 4.90 Å². The molecular formula is C22H29N3O6. The van der Waals surface area contributed by atoms with Crippen LogP contribution >= 0.6 is 0 Å². The first kappa shape index (κ1) is 21.6. The van der Waals surface area contributed by atoms with Crippen molar-refractivity contribution in [1.82, 2.24) is 15.4 Å². The zero-order valence-corrected chi connectivity index (χ0v) is 17.4. The Balaban J connectivity index is 1.23. The second-order valence-electron chi connectivity index (χ2n) is 7.82. The fourth-order valence-corrected chi connectivity index (χ4v) is 3.77. The third-order valence-electron chi connectivity index (χ3n) is 5.50. The Bertz CT molecular complexity index is 824. The summed E-state index contributed by atoms with van der Waals surface area (Å²) in [7, 11) is 0. The summed E-state index contributed by atoms with van der Waals surface area (Å²) in [5.74, 6) is 1.41. The number of aromatic nitrogens is 1. The van der Waals surface area contributed by atoms with Crippen molar-refractivity contribution in [2.24, 2.45) is 0 Å². The number of morpholine rings is 1. The van der Waals surface area contributed by atoms with Gasteiger partial charge in [0.15, 0.2) is 5.76 Å². The average Bonchev–Trinajstić information content (AvgIpc) is 3.26. The van der Waals surface area contributed by atoms with Crippen molar-refractivity contribution >= 4 is 6.03 Å². The summed E-state index contributed by atoms with van der Waals surface area (Å²) in [6.45, 7) is 2.82. The number of carbonyl (C=O) groups excluding carboxylic acids is 1. The third kappa shape index (κ3) is 6.19. The topological polar surface area (TPSA) is 106 Å². The van der Waals surface area contributed by atoms with E-state index >= 15 is 0 Å². The maximum atomic E-state index is 12.3. The Hall–Kier alpha value is -2.62. The number of hydrogen-bond acceptors (Lipinski definition) is 7. The first-order chi connectivity index (χ1) is 15.2. The van der Waals surface area contributed by atoms with E-state index in [0.717, 1.165) is 17.9 Å². The van der Waals surface area contributed by atoms with E-state index < -0.39 is 12.2 Å². The van der Waals surface area contributed by atoms with Gasteiger partial charge in [-0.15, -0.1) is 0 Å². The van der Waals surface area contributed by atoms with E-state index in [9.17, 15) is 9.90 Å². The molecule has 0 saturated carbocycles. The van der Waals surface area contributed by atoms with Crippen molar-refractivity contribution in [2.45, 2.75) is 44.2 Å². The van der Waals surface area contributed by atoms with Gasteiger partial charge < -0.3 is 34.1 Å². The largest absolute Gasteiger partial charge is 0.486 e. The van der Waals surface area contributed by atoms with Crippen molar-refractivity contribution in [3.63, 3.8) is 0 Å². The fraction of sp³-hybridized carbons (Fsp3) is 0.545. The standard InChI is InChI=1S/C22H29N3O6/c26-20-7-6-18(30-21(20)14-23-22(27)25-8-10-28-11-9-25)12-16-13-19(31-24-16)15-29-17-4-2-1-3-5-17/h1-5,13,18,20-21,26H,6-12,14-15H2,(H,23,27)/t18-,20-,21+/m0/s1. The van der Waals surface area contributed by atoms with E-state index in [4.69, 9.17) is 18.7 Å². The van der Waals surface area contributed by atoms with Crippen LogP contribution in [0.1, 0.15) is 24.3 Å². The highest BCUT2D eigenvalue weighted by molar-refractivity contribution is 5.74. The van der Waals surface area contributed by atoms with Gasteiger partial charge in [0.25, 0.3) is 0 Å². The molecule has 1 aromatic carbocycles. The monoisotopic (exact) mass is 431 g/mol. The normalized spacial score (nSPS) is 24.0. The van der Waals surface area contributed by atoms with Gasteiger partial charge in [0, 0.05) is 32.1 Å². The van der Waals surface area contributed by atoms with Gasteiger partial charge in [-0.1, -0.05) is 23.4 Å². The molecule has 2 saturated heterocycles.